The number of carbonyl (C=O) groups excluding carboxylic acids is 1. The van der Waals surface area contributed by atoms with Gasteiger partial charge in [0.2, 0.25) is 0 Å². The fourth-order valence-corrected chi connectivity index (χ4v) is 5.85. The van der Waals surface area contributed by atoms with Gasteiger partial charge in [0.25, 0.3) is 0 Å². The molecule has 0 unspecified atom stereocenters. The molecule has 4 rings (SSSR count). The van der Waals surface area contributed by atoms with Gasteiger partial charge in [0.05, 0.1) is 0 Å². The summed E-state index contributed by atoms with van der Waals surface area (Å²) in [4.78, 5) is 19.5. The van der Waals surface area contributed by atoms with E-state index < -0.39 is 0 Å². The highest BCUT2D eigenvalue weighted by Gasteiger charge is 2.26. The van der Waals surface area contributed by atoms with E-state index in [0.717, 1.165) is 31.8 Å². The minimum absolute atomic E-state index is 0.121. The Balaban J connectivity index is 1.15. The van der Waals surface area contributed by atoms with Crippen molar-refractivity contribution in [2.45, 2.75) is 71.3 Å². The first kappa shape index (κ1) is 22.4. The highest BCUT2D eigenvalue weighted by atomic mass is 16.2. The lowest BCUT2D eigenvalue weighted by Gasteiger charge is -2.38. The van der Waals surface area contributed by atoms with Gasteiger partial charge in [-0.05, 0) is 94.9 Å². The van der Waals surface area contributed by atoms with E-state index in [1.807, 2.05) is 18.7 Å². The van der Waals surface area contributed by atoms with Gasteiger partial charge in [-0.3, -0.25) is 4.90 Å². The number of benzene rings is 1. The zero-order valence-corrected chi connectivity index (χ0v) is 19.7. The quantitative estimate of drug-likeness (QED) is 0.707. The minimum Gasteiger partial charge on any atom is -0.369 e. The lowest BCUT2D eigenvalue weighted by atomic mass is 9.84. The third-order valence-corrected chi connectivity index (χ3v) is 7.91. The van der Waals surface area contributed by atoms with Crippen LogP contribution in [-0.4, -0.2) is 67.7 Å². The Morgan fingerprint density at radius 2 is 1.77 bits per heavy atom. The van der Waals surface area contributed by atoms with Crippen LogP contribution < -0.4 is 10.2 Å². The molecule has 0 aromatic heterocycles. The standard InChI is InChI=1S/C26H42N4O/c1-3-29(4-2)26(31)27-23-13-11-21(12-14-23)15-16-28-17-19-30(20-18-28)25-10-6-8-22-7-5-9-24(22)25/h6,8,10,21,23H,3-5,7,9,11-20H2,1-2H3,(H,27,31). The number of amides is 2. The van der Waals surface area contributed by atoms with Crippen LogP contribution in [0.5, 0.6) is 0 Å². The van der Waals surface area contributed by atoms with E-state index in [0.29, 0.717) is 6.04 Å². The molecule has 0 bridgehead atoms. The zero-order valence-electron chi connectivity index (χ0n) is 19.7. The predicted octanol–water partition coefficient (Wildman–Crippen LogP) is 4.30. The molecule has 0 atom stereocenters. The molecule has 3 aliphatic rings. The number of hydrogen-bond acceptors (Lipinski definition) is 3. The first-order chi connectivity index (χ1) is 15.2. The molecular weight excluding hydrogens is 384 g/mol. The van der Waals surface area contributed by atoms with Gasteiger partial charge < -0.3 is 15.1 Å². The monoisotopic (exact) mass is 426 g/mol. The molecule has 1 aromatic carbocycles. The predicted molar refractivity (Wildman–Crippen MR) is 129 cm³/mol. The Morgan fingerprint density at radius 3 is 2.48 bits per heavy atom. The maximum atomic E-state index is 12.3. The van der Waals surface area contributed by atoms with E-state index in [9.17, 15) is 4.79 Å². The number of hydrogen-bond donors (Lipinski definition) is 1. The van der Waals surface area contributed by atoms with Gasteiger partial charge in [-0.1, -0.05) is 12.1 Å². The summed E-state index contributed by atoms with van der Waals surface area (Å²) in [5, 5.41) is 3.26. The van der Waals surface area contributed by atoms with Crippen LogP contribution in [0.1, 0.15) is 63.5 Å². The molecule has 1 aromatic rings. The number of carbonyl (C=O) groups is 1. The molecule has 31 heavy (non-hydrogen) atoms. The van der Waals surface area contributed by atoms with Crippen molar-refractivity contribution in [3.63, 3.8) is 0 Å². The number of anilines is 1. The van der Waals surface area contributed by atoms with Gasteiger partial charge in [-0.15, -0.1) is 0 Å². The van der Waals surface area contributed by atoms with E-state index in [-0.39, 0.29) is 6.03 Å². The molecule has 172 valence electrons. The van der Waals surface area contributed by atoms with Crippen molar-refractivity contribution in [2.24, 2.45) is 5.92 Å². The first-order valence-electron chi connectivity index (χ1n) is 12.8. The lowest BCUT2D eigenvalue weighted by molar-refractivity contribution is 0.185. The number of nitrogens with zero attached hydrogens (tertiary/aromatic N) is 3. The Kier molecular flexibility index (Phi) is 7.76. The largest absolute Gasteiger partial charge is 0.369 e. The van der Waals surface area contributed by atoms with Gasteiger partial charge in [0, 0.05) is 51.0 Å². The number of rotatable bonds is 7. The summed E-state index contributed by atoms with van der Waals surface area (Å²) in [7, 11) is 0. The molecular formula is C26H42N4O. The SMILES string of the molecule is CCN(CC)C(=O)NC1CCC(CCN2CCN(c3cccc4c3CCC4)CC2)CC1. The molecule has 2 fully saturated rings. The fraction of sp³-hybridized carbons (Fsp3) is 0.731. The maximum absolute atomic E-state index is 12.3. The van der Waals surface area contributed by atoms with E-state index in [1.165, 1.54) is 76.9 Å². The number of nitrogens with one attached hydrogen (secondary N) is 1. The molecule has 1 N–H and O–H groups in total. The van der Waals surface area contributed by atoms with Crippen LogP contribution in [0, 0.1) is 5.92 Å². The lowest BCUT2D eigenvalue weighted by Crippen LogP contribution is -2.47. The smallest absolute Gasteiger partial charge is 0.317 e. The summed E-state index contributed by atoms with van der Waals surface area (Å²) in [6, 6.07) is 7.42. The average Bonchev–Trinajstić information content (AvgIpc) is 3.29. The van der Waals surface area contributed by atoms with Crippen LogP contribution in [0.2, 0.25) is 0 Å². The number of piperazine rings is 1. The van der Waals surface area contributed by atoms with E-state index in [1.54, 1.807) is 11.1 Å². The summed E-state index contributed by atoms with van der Waals surface area (Å²) >= 11 is 0. The zero-order chi connectivity index (χ0) is 21.6. The Bertz CT molecular complexity index is 716. The van der Waals surface area contributed by atoms with Crippen molar-refractivity contribution >= 4 is 11.7 Å². The molecule has 1 heterocycles. The van der Waals surface area contributed by atoms with Crippen LogP contribution in [0.15, 0.2) is 18.2 Å². The Labute approximate surface area is 189 Å². The topological polar surface area (TPSA) is 38.8 Å². The van der Waals surface area contributed by atoms with Crippen LogP contribution >= 0.6 is 0 Å². The van der Waals surface area contributed by atoms with Crippen molar-refractivity contribution in [3.05, 3.63) is 29.3 Å². The van der Waals surface area contributed by atoms with Gasteiger partial charge in [-0.2, -0.15) is 0 Å². The molecule has 2 amide bonds. The number of fused-ring (bicyclic) bond motifs is 1. The Morgan fingerprint density at radius 1 is 1.03 bits per heavy atom. The second-order valence-corrected chi connectivity index (χ2v) is 9.73. The minimum atomic E-state index is 0.121. The molecule has 2 aliphatic carbocycles. The van der Waals surface area contributed by atoms with Crippen LogP contribution in [-0.2, 0) is 12.8 Å². The molecule has 5 nitrogen and oxygen atoms in total. The van der Waals surface area contributed by atoms with Crippen molar-refractivity contribution in [3.8, 4) is 0 Å². The average molecular weight is 427 g/mol. The summed E-state index contributed by atoms with van der Waals surface area (Å²) in [6.07, 6.45) is 9.99. The van der Waals surface area contributed by atoms with Gasteiger partial charge in [0.15, 0.2) is 0 Å². The summed E-state index contributed by atoms with van der Waals surface area (Å²) in [6.45, 7) is 11.6. The molecule has 1 saturated heterocycles. The molecule has 1 saturated carbocycles. The van der Waals surface area contributed by atoms with Gasteiger partial charge in [0.1, 0.15) is 0 Å². The number of aryl methyl sites for hydroxylation is 1. The van der Waals surface area contributed by atoms with E-state index in [4.69, 9.17) is 0 Å². The molecule has 0 spiro atoms. The van der Waals surface area contributed by atoms with Gasteiger partial charge in [-0.25, -0.2) is 4.79 Å². The van der Waals surface area contributed by atoms with Crippen LogP contribution in [0.25, 0.3) is 0 Å². The second kappa shape index (κ2) is 10.7. The van der Waals surface area contributed by atoms with Crippen molar-refractivity contribution < 1.29 is 4.79 Å². The summed E-state index contributed by atoms with van der Waals surface area (Å²) < 4.78 is 0. The number of urea groups is 1. The second-order valence-electron chi connectivity index (χ2n) is 9.73. The first-order valence-corrected chi connectivity index (χ1v) is 12.8. The Hall–Kier alpha value is -1.75. The summed E-state index contributed by atoms with van der Waals surface area (Å²) in [5.41, 5.74) is 4.73. The van der Waals surface area contributed by atoms with Crippen molar-refractivity contribution in [2.75, 3.05) is 50.7 Å². The van der Waals surface area contributed by atoms with E-state index >= 15 is 0 Å². The fourth-order valence-electron chi connectivity index (χ4n) is 5.85. The van der Waals surface area contributed by atoms with Crippen LogP contribution in [0.4, 0.5) is 10.5 Å². The third-order valence-electron chi connectivity index (χ3n) is 7.91. The van der Waals surface area contributed by atoms with E-state index in [2.05, 4.69) is 33.3 Å². The maximum Gasteiger partial charge on any atom is 0.317 e. The van der Waals surface area contributed by atoms with Gasteiger partial charge >= 0.3 is 6.03 Å². The van der Waals surface area contributed by atoms with Crippen LogP contribution in [0.3, 0.4) is 0 Å². The van der Waals surface area contributed by atoms with Crippen molar-refractivity contribution in [1.29, 1.82) is 0 Å². The van der Waals surface area contributed by atoms with Crippen molar-refractivity contribution in [1.82, 2.24) is 15.1 Å². The normalized spacial score (nSPS) is 24.1. The molecule has 1 aliphatic heterocycles. The molecule has 5 heteroatoms. The highest BCUT2D eigenvalue weighted by Crippen LogP contribution is 2.32. The highest BCUT2D eigenvalue weighted by molar-refractivity contribution is 5.74. The third kappa shape index (κ3) is 5.54. The summed E-state index contributed by atoms with van der Waals surface area (Å²) in [5.74, 6) is 0.831. The molecule has 0 radical (unpaired) electrons.